The summed E-state index contributed by atoms with van der Waals surface area (Å²) in [4.78, 5) is 37.9. The molecule has 2 aromatic rings. The van der Waals surface area contributed by atoms with E-state index in [1.807, 2.05) is 19.1 Å². The Labute approximate surface area is 181 Å². The van der Waals surface area contributed by atoms with Crippen LogP contribution in [0.2, 0.25) is 0 Å². The van der Waals surface area contributed by atoms with Crippen LogP contribution >= 0.6 is 15.9 Å². The molecule has 0 aromatic heterocycles. The summed E-state index contributed by atoms with van der Waals surface area (Å²) in [5.41, 5.74) is 2.16. The number of rotatable bonds is 6. The number of ether oxygens (including phenoxy) is 1. The molecule has 0 atom stereocenters. The van der Waals surface area contributed by atoms with E-state index in [4.69, 9.17) is 4.74 Å². The van der Waals surface area contributed by atoms with Crippen molar-refractivity contribution in [1.29, 1.82) is 0 Å². The lowest BCUT2D eigenvalue weighted by atomic mass is 10.1. The molecule has 3 rings (SSSR count). The molecule has 0 saturated carbocycles. The third-order valence-corrected chi connectivity index (χ3v) is 4.87. The molecule has 2 aromatic carbocycles. The Morgan fingerprint density at radius 1 is 1.27 bits per heavy atom. The maximum absolute atomic E-state index is 12.6. The van der Waals surface area contributed by atoms with E-state index >= 15 is 0 Å². The second-order valence-corrected chi connectivity index (χ2v) is 7.43. The largest absolute Gasteiger partial charge is 0.503 e. The number of anilines is 1. The number of carbonyl (C=O) groups excluding carboxylic acids is 3. The molecule has 30 heavy (non-hydrogen) atoms. The van der Waals surface area contributed by atoms with E-state index < -0.39 is 24.4 Å². The first-order valence-corrected chi connectivity index (χ1v) is 9.94. The molecule has 0 bridgehead atoms. The van der Waals surface area contributed by atoms with Gasteiger partial charge in [-0.3, -0.25) is 9.59 Å². The summed E-state index contributed by atoms with van der Waals surface area (Å²) in [5.74, 6) is -0.934. The third kappa shape index (κ3) is 4.80. The van der Waals surface area contributed by atoms with E-state index in [9.17, 15) is 19.5 Å². The lowest BCUT2D eigenvalue weighted by molar-refractivity contribution is -0.127. The minimum atomic E-state index is -0.687. The van der Waals surface area contributed by atoms with Crippen LogP contribution in [-0.2, 0) is 9.59 Å². The number of benzene rings is 2. The van der Waals surface area contributed by atoms with Gasteiger partial charge in [0.05, 0.1) is 11.1 Å². The van der Waals surface area contributed by atoms with Crippen LogP contribution in [0.15, 0.2) is 46.6 Å². The first kappa shape index (κ1) is 21.4. The molecule has 1 saturated heterocycles. The van der Waals surface area contributed by atoms with E-state index in [0.29, 0.717) is 22.3 Å². The quantitative estimate of drug-likeness (QED) is 0.440. The maximum Gasteiger partial charge on any atom is 0.329 e. The van der Waals surface area contributed by atoms with Gasteiger partial charge in [-0.2, -0.15) is 0 Å². The van der Waals surface area contributed by atoms with Crippen LogP contribution in [0.4, 0.5) is 10.5 Å². The number of imide groups is 1. The first-order valence-electron chi connectivity index (χ1n) is 9.15. The van der Waals surface area contributed by atoms with Crippen molar-refractivity contribution in [2.24, 2.45) is 0 Å². The van der Waals surface area contributed by atoms with Crippen molar-refractivity contribution in [1.82, 2.24) is 10.2 Å². The second-order valence-electron chi connectivity index (χ2n) is 6.58. The summed E-state index contributed by atoms with van der Waals surface area (Å²) in [7, 11) is 0. The maximum atomic E-state index is 12.6. The van der Waals surface area contributed by atoms with Crippen LogP contribution in [0, 0.1) is 6.92 Å². The summed E-state index contributed by atoms with van der Waals surface area (Å²) in [6.45, 7) is 3.63. The Bertz CT molecular complexity index is 1030. The van der Waals surface area contributed by atoms with Crippen LogP contribution in [0.1, 0.15) is 18.1 Å². The zero-order valence-corrected chi connectivity index (χ0v) is 17.9. The van der Waals surface area contributed by atoms with Gasteiger partial charge in [0.1, 0.15) is 12.2 Å². The monoisotopic (exact) mass is 473 g/mol. The highest BCUT2D eigenvalue weighted by atomic mass is 79.9. The number of aryl methyl sites for hydroxylation is 1. The van der Waals surface area contributed by atoms with Crippen molar-refractivity contribution < 1.29 is 24.2 Å². The number of phenols is 1. The predicted molar refractivity (Wildman–Crippen MR) is 115 cm³/mol. The summed E-state index contributed by atoms with van der Waals surface area (Å²) < 4.78 is 5.74. The highest BCUT2D eigenvalue weighted by Gasteiger charge is 2.35. The molecule has 0 radical (unpaired) electrons. The van der Waals surface area contributed by atoms with Gasteiger partial charge in [0.25, 0.3) is 5.91 Å². The molecule has 156 valence electrons. The average Bonchev–Trinajstić information content (AvgIpc) is 2.95. The molecule has 1 fully saturated rings. The number of hydrogen-bond acceptors (Lipinski definition) is 5. The number of nitrogens with zero attached hydrogens (tertiary/aromatic N) is 1. The molecule has 0 aliphatic carbocycles. The Morgan fingerprint density at radius 3 is 2.63 bits per heavy atom. The van der Waals surface area contributed by atoms with Crippen LogP contribution in [-0.4, -0.2) is 41.0 Å². The molecular weight excluding hydrogens is 454 g/mol. The number of carbonyl (C=O) groups is 3. The van der Waals surface area contributed by atoms with E-state index in [1.165, 1.54) is 6.08 Å². The molecule has 1 heterocycles. The van der Waals surface area contributed by atoms with Crippen molar-refractivity contribution in [3.63, 3.8) is 0 Å². The molecule has 3 N–H and O–H groups in total. The summed E-state index contributed by atoms with van der Waals surface area (Å²) >= 11 is 3.23. The topological polar surface area (TPSA) is 108 Å². The Morgan fingerprint density at radius 2 is 1.97 bits per heavy atom. The predicted octanol–water partition coefficient (Wildman–Crippen LogP) is 3.39. The molecule has 4 amide bonds. The number of halogens is 1. The Balaban J connectivity index is 1.74. The summed E-state index contributed by atoms with van der Waals surface area (Å²) in [6, 6.07) is 9.60. The summed E-state index contributed by atoms with van der Waals surface area (Å²) in [6.07, 6.45) is 1.45. The average molecular weight is 474 g/mol. The number of aromatic hydroxyl groups is 1. The number of urea groups is 1. The van der Waals surface area contributed by atoms with E-state index in [-0.39, 0.29) is 17.2 Å². The van der Waals surface area contributed by atoms with Crippen molar-refractivity contribution in [2.75, 3.05) is 18.5 Å². The van der Waals surface area contributed by atoms with E-state index in [2.05, 4.69) is 26.6 Å². The molecule has 1 aliphatic heterocycles. The third-order valence-electron chi connectivity index (χ3n) is 4.26. The van der Waals surface area contributed by atoms with Crippen LogP contribution < -0.4 is 15.4 Å². The van der Waals surface area contributed by atoms with Gasteiger partial charge >= 0.3 is 6.03 Å². The second kappa shape index (κ2) is 9.00. The van der Waals surface area contributed by atoms with Crippen LogP contribution in [0.5, 0.6) is 11.5 Å². The minimum absolute atomic E-state index is 0.0168. The highest BCUT2D eigenvalue weighted by Crippen LogP contribution is 2.36. The lowest BCUT2D eigenvalue weighted by Crippen LogP contribution is -2.38. The van der Waals surface area contributed by atoms with Gasteiger partial charge in [0, 0.05) is 5.69 Å². The standard InChI is InChI=1S/C21H20BrN3O5/c1-3-30-17-10-13(8-15(22)19(17)27)9-16-20(28)25(21(29)24-16)11-18(26)23-14-6-4-12(2)5-7-14/h4-10,27H,3,11H2,1-2H3,(H,23,26)(H,24,29)/b16-9+. The Hall–Kier alpha value is -3.33. The van der Waals surface area contributed by atoms with E-state index in [1.54, 1.807) is 31.2 Å². The fraction of sp³-hybridized carbons (Fsp3) is 0.190. The highest BCUT2D eigenvalue weighted by molar-refractivity contribution is 9.10. The first-order chi connectivity index (χ1) is 14.3. The molecule has 1 aliphatic rings. The number of hydrogen-bond donors (Lipinski definition) is 3. The lowest BCUT2D eigenvalue weighted by Gasteiger charge is -2.12. The van der Waals surface area contributed by atoms with Gasteiger partial charge in [-0.25, -0.2) is 9.69 Å². The fourth-order valence-electron chi connectivity index (χ4n) is 2.81. The number of nitrogens with one attached hydrogen (secondary N) is 2. The van der Waals surface area contributed by atoms with Crippen molar-refractivity contribution in [3.8, 4) is 11.5 Å². The van der Waals surface area contributed by atoms with Gasteiger partial charge in [-0.05, 0) is 65.7 Å². The van der Waals surface area contributed by atoms with Crippen molar-refractivity contribution in [3.05, 3.63) is 57.7 Å². The fourth-order valence-corrected chi connectivity index (χ4v) is 3.27. The van der Waals surface area contributed by atoms with Gasteiger partial charge in [0.15, 0.2) is 11.5 Å². The zero-order valence-electron chi connectivity index (χ0n) is 16.4. The molecule has 8 nitrogen and oxygen atoms in total. The SMILES string of the molecule is CCOc1cc(/C=C2/NC(=O)N(CC(=O)Nc3ccc(C)cc3)C2=O)cc(Br)c1O. The Kier molecular flexibility index (Phi) is 6.41. The van der Waals surface area contributed by atoms with Crippen molar-refractivity contribution >= 4 is 45.5 Å². The summed E-state index contributed by atoms with van der Waals surface area (Å²) in [5, 5.41) is 15.1. The smallest absolute Gasteiger partial charge is 0.329 e. The van der Waals surface area contributed by atoms with Crippen molar-refractivity contribution in [2.45, 2.75) is 13.8 Å². The normalized spacial score (nSPS) is 14.8. The van der Waals surface area contributed by atoms with Crippen LogP contribution in [0.3, 0.4) is 0 Å². The number of phenolic OH excluding ortho intramolecular Hbond substituents is 1. The molecular formula is C21H20BrN3O5. The zero-order chi connectivity index (χ0) is 21.8. The molecule has 0 spiro atoms. The van der Waals surface area contributed by atoms with Gasteiger partial charge in [-0.15, -0.1) is 0 Å². The van der Waals surface area contributed by atoms with Gasteiger partial charge in [0.2, 0.25) is 5.91 Å². The number of amides is 4. The van der Waals surface area contributed by atoms with Crippen LogP contribution in [0.25, 0.3) is 6.08 Å². The van der Waals surface area contributed by atoms with E-state index in [0.717, 1.165) is 10.5 Å². The van der Waals surface area contributed by atoms with Gasteiger partial charge in [-0.1, -0.05) is 17.7 Å². The molecule has 9 heteroatoms. The minimum Gasteiger partial charge on any atom is -0.503 e. The molecule has 0 unspecified atom stereocenters. The van der Waals surface area contributed by atoms with Gasteiger partial charge < -0.3 is 20.5 Å².